The summed E-state index contributed by atoms with van der Waals surface area (Å²) in [7, 11) is -3.64. The van der Waals surface area contributed by atoms with Crippen molar-refractivity contribution in [3.63, 3.8) is 0 Å². The molecular formula is C12H16BrClN2O3S. The number of sulfonamides is 1. The predicted octanol–water partition coefficient (Wildman–Crippen LogP) is 2.28. The molecule has 112 valence electrons. The summed E-state index contributed by atoms with van der Waals surface area (Å²) in [4.78, 5) is 3.89. The summed E-state index contributed by atoms with van der Waals surface area (Å²) in [6.45, 7) is 0.983. The maximum absolute atomic E-state index is 12.6. The van der Waals surface area contributed by atoms with Gasteiger partial charge in [0.05, 0.1) is 0 Å². The third kappa shape index (κ3) is 3.51. The van der Waals surface area contributed by atoms with Crippen molar-refractivity contribution in [1.29, 1.82) is 0 Å². The number of nitrogens with zero attached hydrogens (tertiary/aromatic N) is 2. The number of aliphatic hydroxyl groups is 1. The molecule has 20 heavy (non-hydrogen) atoms. The zero-order valence-electron chi connectivity index (χ0n) is 10.8. The lowest BCUT2D eigenvalue weighted by Crippen LogP contribution is -2.40. The molecule has 1 fully saturated rings. The minimum Gasteiger partial charge on any atom is -0.396 e. The Morgan fingerprint density at radius 1 is 1.55 bits per heavy atom. The average Bonchev–Trinajstić information content (AvgIpc) is 2.42. The Bertz CT molecular complexity index is 580. The molecule has 5 nitrogen and oxygen atoms in total. The number of hydrogen-bond acceptors (Lipinski definition) is 4. The first-order valence-corrected chi connectivity index (χ1v) is 8.98. The molecule has 1 unspecified atom stereocenters. The van der Waals surface area contributed by atoms with Gasteiger partial charge < -0.3 is 5.11 Å². The summed E-state index contributed by atoms with van der Waals surface area (Å²) in [6, 6.07) is 1.47. The zero-order valence-corrected chi connectivity index (χ0v) is 14.0. The van der Waals surface area contributed by atoms with Crippen molar-refractivity contribution in [2.24, 2.45) is 5.92 Å². The molecule has 1 atom stereocenters. The molecule has 0 aromatic carbocycles. The lowest BCUT2D eigenvalue weighted by molar-refractivity contribution is 0.203. The highest BCUT2D eigenvalue weighted by Crippen LogP contribution is 2.29. The molecular weight excluding hydrogens is 368 g/mol. The van der Waals surface area contributed by atoms with Crippen molar-refractivity contribution in [2.45, 2.75) is 24.2 Å². The maximum atomic E-state index is 12.6. The Hall–Kier alpha value is -0.210. The molecule has 1 N–H and O–H groups in total. The van der Waals surface area contributed by atoms with Gasteiger partial charge in [0.2, 0.25) is 10.0 Å². The van der Waals surface area contributed by atoms with Crippen LogP contribution in [0.15, 0.2) is 21.6 Å². The normalized spacial score (nSPS) is 21.1. The molecule has 1 saturated heterocycles. The highest BCUT2D eigenvalue weighted by atomic mass is 79.9. The van der Waals surface area contributed by atoms with Gasteiger partial charge in [-0.15, -0.1) is 0 Å². The van der Waals surface area contributed by atoms with E-state index >= 15 is 0 Å². The molecule has 1 aliphatic rings. The first-order chi connectivity index (χ1) is 9.45. The molecule has 0 spiro atoms. The van der Waals surface area contributed by atoms with E-state index in [9.17, 15) is 8.42 Å². The van der Waals surface area contributed by atoms with Crippen molar-refractivity contribution in [1.82, 2.24) is 9.29 Å². The first-order valence-electron chi connectivity index (χ1n) is 6.37. The smallest absolute Gasteiger partial charge is 0.246 e. The quantitative estimate of drug-likeness (QED) is 0.810. The van der Waals surface area contributed by atoms with Gasteiger partial charge in [-0.3, -0.25) is 0 Å². The van der Waals surface area contributed by atoms with E-state index in [0.29, 0.717) is 24.0 Å². The van der Waals surface area contributed by atoms with Crippen LogP contribution in [-0.4, -0.2) is 42.5 Å². The number of halogens is 2. The zero-order chi connectivity index (χ0) is 14.8. The van der Waals surface area contributed by atoms with E-state index < -0.39 is 10.0 Å². The molecule has 0 radical (unpaired) electrons. The summed E-state index contributed by atoms with van der Waals surface area (Å²) in [5, 5.41) is 8.98. The Labute approximate surface area is 132 Å². The molecule has 0 bridgehead atoms. The minimum absolute atomic E-state index is 0.0162. The summed E-state index contributed by atoms with van der Waals surface area (Å²) in [5.41, 5.74) is 0. The van der Waals surface area contributed by atoms with Gasteiger partial charge in [-0.25, -0.2) is 13.4 Å². The molecule has 1 aromatic rings. The van der Waals surface area contributed by atoms with Gasteiger partial charge in [0.15, 0.2) is 0 Å². The topological polar surface area (TPSA) is 70.5 Å². The molecule has 0 aliphatic carbocycles. The van der Waals surface area contributed by atoms with Crippen LogP contribution in [0.2, 0.25) is 5.15 Å². The van der Waals surface area contributed by atoms with E-state index in [-0.39, 0.29) is 22.6 Å². The summed E-state index contributed by atoms with van der Waals surface area (Å²) < 4.78 is 27.3. The largest absolute Gasteiger partial charge is 0.396 e. The number of aliphatic hydroxyl groups excluding tert-OH is 1. The number of piperidine rings is 1. The molecule has 1 aromatic heterocycles. The van der Waals surface area contributed by atoms with Gasteiger partial charge in [0.1, 0.15) is 10.0 Å². The van der Waals surface area contributed by atoms with Gasteiger partial charge in [-0.05, 0) is 47.2 Å². The van der Waals surface area contributed by atoms with Crippen LogP contribution in [0, 0.1) is 5.92 Å². The van der Waals surface area contributed by atoms with Gasteiger partial charge >= 0.3 is 0 Å². The SMILES string of the molecule is O=S(=O)(c1cc(Br)cnc1Cl)N1CCCC(CCO)C1. The minimum atomic E-state index is -3.64. The standard InChI is InChI=1S/C12H16BrClN2O3S/c13-10-6-11(12(14)15-7-10)20(18,19)16-4-1-2-9(8-16)3-5-17/h6-7,9,17H,1-5,8H2. The summed E-state index contributed by atoms with van der Waals surface area (Å²) >= 11 is 9.13. The fraction of sp³-hybridized carbons (Fsp3) is 0.583. The lowest BCUT2D eigenvalue weighted by Gasteiger charge is -2.31. The van der Waals surface area contributed by atoms with Crippen LogP contribution in [0.1, 0.15) is 19.3 Å². The fourth-order valence-corrected chi connectivity index (χ4v) is 4.86. The second kappa shape index (κ2) is 6.70. The van der Waals surface area contributed by atoms with Crippen molar-refractivity contribution in [3.8, 4) is 0 Å². The number of hydrogen-bond donors (Lipinski definition) is 1. The van der Waals surface area contributed by atoms with E-state index in [4.69, 9.17) is 16.7 Å². The van der Waals surface area contributed by atoms with E-state index in [1.807, 2.05) is 0 Å². The number of aromatic nitrogens is 1. The fourth-order valence-electron chi connectivity index (χ4n) is 2.39. The second-order valence-electron chi connectivity index (χ2n) is 4.83. The van der Waals surface area contributed by atoms with Gasteiger partial charge in [-0.2, -0.15) is 4.31 Å². The second-order valence-corrected chi connectivity index (χ2v) is 8.01. The highest BCUT2D eigenvalue weighted by Gasteiger charge is 2.32. The molecule has 2 heterocycles. The third-order valence-electron chi connectivity index (χ3n) is 3.41. The predicted molar refractivity (Wildman–Crippen MR) is 80.1 cm³/mol. The van der Waals surface area contributed by atoms with Crippen LogP contribution in [0.25, 0.3) is 0 Å². The first kappa shape index (κ1) is 16.2. The van der Waals surface area contributed by atoms with Crippen molar-refractivity contribution in [2.75, 3.05) is 19.7 Å². The van der Waals surface area contributed by atoms with Gasteiger partial charge in [0.25, 0.3) is 0 Å². The molecule has 0 amide bonds. The Kier molecular flexibility index (Phi) is 5.42. The molecule has 1 aliphatic heterocycles. The van der Waals surface area contributed by atoms with Crippen molar-refractivity contribution >= 4 is 37.6 Å². The van der Waals surface area contributed by atoms with E-state index in [1.54, 1.807) is 0 Å². The van der Waals surface area contributed by atoms with Crippen LogP contribution in [0.4, 0.5) is 0 Å². The number of pyridine rings is 1. The van der Waals surface area contributed by atoms with Crippen LogP contribution >= 0.6 is 27.5 Å². The summed E-state index contributed by atoms with van der Waals surface area (Å²) in [6.07, 6.45) is 3.82. The monoisotopic (exact) mass is 382 g/mol. The van der Waals surface area contributed by atoms with E-state index in [2.05, 4.69) is 20.9 Å². The van der Waals surface area contributed by atoms with Crippen LogP contribution in [0.5, 0.6) is 0 Å². The Morgan fingerprint density at radius 3 is 3.00 bits per heavy atom. The Balaban J connectivity index is 2.27. The average molecular weight is 384 g/mol. The van der Waals surface area contributed by atoms with Crippen LogP contribution in [-0.2, 0) is 10.0 Å². The lowest BCUT2D eigenvalue weighted by atomic mass is 9.97. The Morgan fingerprint density at radius 2 is 2.30 bits per heavy atom. The van der Waals surface area contributed by atoms with Gasteiger partial charge in [0, 0.05) is 30.4 Å². The molecule has 0 saturated carbocycles. The van der Waals surface area contributed by atoms with E-state index in [0.717, 1.165) is 12.8 Å². The third-order valence-corrected chi connectivity index (χ3v) is 6.14. The van der Waals surface area contributed by atoms with E-state index in [1.165, 1.54) is 16.6 Å². The molecule has 8 heteroatoms. The highest BCUT2D eigenvalue weighted by molar-refractivity contribution is 9.10. The van der Waals surface area contributed by atoms with Crippen molar-refractivity contribution in [3.05, 3.63) is 21.9 Å². The van der Waals surface area contributed by atoms with Crippen molar-refractivity contribution < 1.29 is 13.5 Å². The number of rotatable bonds is 4. The van der Waals surface area contributed by atoms with Gasteiger partial charge in [-0.1, -0.05) is 11.6 Å². The van der Waals surface area contributed by atoms with Crippen LogP contribution in [0.3, 0.4) is 0 Å². The maximum Gasteiger partial charge on any atom is 0.246 e. The van der Waals surface area contributed by atoms with Crippen LogP contribution < -0.4 is 0 Å². The molecule has 2 rings (SSSR count). The summed E-state index contributed by atoms with van der Waals surface area (Å²) in [5.74, 6) is 0.197.